The van der Waals surface area contributed by atoms with Crippen LogP contribution in [0.15, 0.2) is 0 Å². The molecule has 1 unspecified atom stereocenters. The molecule has 0 amide bonds. The van der Waals surface area contributed by atoms with Gasteiger partial charge in [-0.25, -0.2) is 0 Å². The molecule has 0 rings (SSSR count). The van der Waals surface area contributed by atoms with Crippen LogP contribution in [0.2, 0.25) is 18.1 Å². The third kappa shape index (κ3) is 1.83. The van der Waals surface area contributed by atoms with Gasteiger partial charge in [0.15, 0.2) is 0 Å². The molecule has 0 aliphatic rings. The van der Waals surface area contributed by atoms with Gasteiger partial charge in [-0.1, -0.05) is 40.8 Å². The molecule has 2 heteroatoms. The van der Waals surface area contributed by atoms with Gasteiger partial charge in [-0.15, -0.1) is 0 Å². The molecular formula is C8H21NSi. The van der Waals surface area contributed by atoms with Crippen LogP contribution in [0.25, 0.3) is 0 Å². The molecule has 0 fully saturated rings. The molecule has 0 aliphatic carbocycles. The van der Waals surface area contributed by atoms with E-state index < -0.39 is 8.07 Å². The zero-order chi connectivity index (χ0) is 8.58. The van der Waals surface area contributed by atoms with Crippen molar-refractivity contribution in [1.29, 1.82) is 0 Å². The molecule has 0 aromatic heterocycles. The van der Waals surface area contributed by atoms with Crippen LogP contribution in [0.5, 0.6) is 0 Å². The molecule has 10 heavy (non-hydrogen) atoms. The quantitative estimate of drug-likeness (QED) is 0.584. The maximum absolute atomic E-state index is 5.92. The van der Waals surface area contributed by atoms with Crippen molar-refractivity contribution < 1.29 is 0 Å². The van der Waals surface area contributed by atoms with Gasteiger partial charge in [0.25, 0.3) is 0 Å². The van der Waals surface area contributed by atoms with E-state index in [0.717, 1.165) is 0 Å². The van der Waals surface area contributed by atoms with Gasteiger partial charge in [0.2, 0.25) is 0 Å². The molecule has 0 aromatic rings. The molecule has 1 nitrogen and oxygen atoms in total. The van der Waals surface area contributed by atoms with Crippen LogP contribution in [0.1, 0.15) is 27.7 Å². The Balaban J connectivity index is 4.40. The Hall–Kier alpha value is 0.177. The summed E-state index contributed by atoms with van der Waals surface area (Å²) in [6.07, 6.45) is 0. The molecular weight excluding hydrogens is 138 g/mol. The number of hydrogen-bond acceptors (Lipinski definition) is 1. The molecule has 0 spiro atoms. The highest BCUT2D eigenvalue weighted by Gasteiger charge is 2.37. The molecule has 0 radical (unpaired) electrons. The van der Waals surface area contributed by atoms with E-state index in [1.807, 2.05) is 0 Å². The Morgan fingerprint density at radius 3 is 1.50 bits per heavy atom. The lowest BCUT2D eigenvalue weighted by atomic mass is 10.2. The van der Waals surface area contributed by atoms with Crippen molar-refractivity contribution in [3.63, 3.8) is 0 Å². The first-order valence-corrected chi connectivity index (χ1v) is 7.03. The predicted octanol–water partition coefficient (Wildman–Crippen LogP) is 2.38. The van der Waals surface area contributed by atoms with Gasteiger partial charge in [0, 0.05) is 0 Å². The Bertz CT molecular complexity index is 111. The first-order chi connectivity index (χ1) is 4.19. The maximum atomic E-state index is 5.92. The topological polar surface area (TPSA) is 26.0 Å². The zero-order valence-corrected chi connectivity index (χ0v) is 9.15. The van der Waals surface area contributed by atoms with Crippen molar-refractivity contribution >= 4 is 8.07 Å². The lowest BCUT2D eigenvalue weighted by Crippen LogP contribution is -2.52. The Morgan fingerprint density at radius 1 is 1.20 bits per heavy atom. The van der Waals surface area contributed by atoms with Gasteiger partial charge in [-0.3, -0.25) is 0 Å². The van der Waals surface area contributed by atoms with Crippen LogP contribution in [-0.4, -0.2) is 13.7 Å². The molecule has 0 aliphatic heterocycles. The standard InChI is InChI=1S/C8H21NSi/c1-7(9)10(5,6)8(2,3)4/h7H,9H2,1-6H3. The summed E-state index contributed by atoms with van der Waals surface area (Å²) in [5.41, 5.74) is 6.31. The molecule has 1 atom stereocenters. The normalized spacial score (nSPS) is 17.1. The fourth-order valence-corrected chi connectivity index (χ4v) is 2.05. The van der Waals surface area contributed by atoms with E-state index in [9.17, 15) is 0 Å². The van der Waals surface area contributed by atoms with Crippen molar-refractivity contribution in [2.75, 3.05) is 0 Å². The summed E-state index contributed by atoms with van der Waals surface area (Å²) < 4.78 is 0. The Morgan fingerprint density at radius 2 is 1.50 bits per heavy atom. The highest BCUT2D eigenvalue weighted by atomic mass is 28.3. The summed E-state index contributed by atoms with van der Waals surface area (Å²) >= 11 is 0. The number of hydrogen-bond donors (Lipinski definition) is 1. The van der Waals surface area contributed by atoms with Crippen molar-refractivity contribution in [1.82, 2.24) is 0 Å². The smallest absolute Gasteiger partial charge is 0.0711 e. The second kappa shape index (κ2) is 2.66. The van der Waals surface area contributed by atoms with E-state index in [1.165, 1.54) is 0 Å². The highest BCUT2D eigenvalue weighted by Crippen LogP contribution is 2.37. The first kappa shape index (κ1) is 10.2. The predicted molar refractivity (Wildman–Crippen MR) is 50.8 cm³/mol. The second-order valence-corrected chi connectivity index (χ2v) is 10.6. The first-order valence-electron chi connectivity index (χ1n) is 3.95. The molecule has 0 saturated carbocycles. The molecule has 0 heterocycles. The molecule has 62 valence electrons. The van der Waals surface area contributed by atoms with E-state index in [1.54, 1.807) is 0 Å². The Kier molecular flexibility index (Phi) is 2.71. The SMILES string of the molecule is CC(N)[Si](C)(C)C(C)(C)C. The van der Waals surface area contributed by atoms with E-state index in [0.29, 0.717) is 10.7 Å². The second-order valence-electron chi connectivity index (χ2n) is 4.76. The summed E-state index contributed by atoms with van der Waals surface area (Å²) in [4.78, 5) is 0. The molecule has 0 bridgehead atoms. The van der Waals surface area contributed by atoms with E-state index in [-0.39, 0.29) is 0 Å². The molecule has 0 aromatic carbocycles. The van der Waals surface area contributed by atoms with Crippen LogP contribution in [0, 0.1) is 0 Å². The average Bonchev–Trinajstić information content (AvgIpc) is 1.62. The molecule has 2 N–H and O–H groups in total. The highest BCUT2D eigenvalue weighted by molar-refractivity contribution is 6.81. The van der Waals surface area contributed by atoms with Crippen molar-refractivity contribution in [3.8, 4) is 0 Å². The van der Waals surface area contributed by atoms with Gasteiger partial charge >= 0.3 is 0 Å². The van der Waals surface area contributed by atoms with Crippen LogP contribution in [-0.2, 0) is 0 Å². The fraction of sp³-hybridized carbons (Fsp3) is 1.00. The van der Waals surface area contributed by atoms with Crippen molar-refractivity contribution in [3.05, 3.63) is 0 Å². The summed E-state index contributed by atoms with van der Waals surface area (Å²) in [7, 11) is -1.20. The fourth-order valence-electron chi connectivity index (χ4n) is 0.683. The van der Waals surface area contributed by atoms with E-state index >= 15 is 0 Å². The largest absolute Gasteiger partial charge is 0.330 e. The Labute approximate surface area is 66.0 Å². The van der Waals surface area contributed by atoms with E-state index in [2.05, 4.69) is 40.8 Å². The number of rotatable bonds is 1. The minimum atomic E-state index is -1.20. The van der Waals surface area contributed by atoms with Crippen LogP contribution < -0.4 is 5.73 Å². The van der Waals surface area contributed by atoms with Gasteiger partial charge in [-0.2, -0.15) is 0 Å². The van der Waals surface area contributed by atoms with Crippen LogP contribution in [0.4, 0.5) is 0 Å². The summed E-state index contributed by atoms with van der Waals surface area (Å²) in [6.45, 7) is 13.7. The minimum absolute atomic E-state index is 0.396. The lowest BCUT2D eigenvalue weighted by Gasteiger charge is -2.40. The zero-order valence-electron chi connectivity index (χ0n) is 8.15. The van der Waals surface area contributed by atoms with Crippen molar-refractivity contribution in [2.45, 2.75) is 51.5 Å². The third-order valence-electron chi connectivity index (χ3n) is 3.07. The minimum Gasteiger partial charge on any atom is -0.330 e. The van der Waals surface area contributed by atoms with Crippen molar-refractivity contribution in [2.24, 2.45) is 5.73 Å². The van der Waals surface area contributed by atoms with Gasteiger partial charge < -0.3 is 5.73 Å². The van der Waals surface area contributed by atoms with Crippen LogP contribution >= 0.6 is 0 Å². The van der Waals surface area contributed by atoms with Gasteiger partial charge in [0.1, 0.15) is 0 Å². The number of nitrogens with two attached hydrogens (primary N) is 1. The summed E-state index contributed by atoms with van der Waals surface area (Å²) in [5.74, 6) is 0. The van der Waals surface area contributed by atoms with Crippen LogP contribution in [0.3, 0.4) is 0 Å². The average molecular weight is 159 g/mol. The van der Waals surface area contributed by atoms with E-state index in [4.69, 9.17) is 5.73 Å². The third-order valence-corrected chi connectivity index (χ3v) is 9.21. The summed E-state index contributed by atoms with van der Waals surface area (Å²) in [5, 5.41) is 0.432. The lowest BCUT2D eigenvalue weighted by molar-refractivity contribution is 0.692. The van der Waals surface area contributed by atoms with Gasteiger partial charge in [0.05, 0.1) is 8.07 Å². The monoisotopic (exact) mass is 159 g/mol. The molecule has 0 saturated heterocycles. The van der Waals surface area contributed by atoms with Gasteiger partial charge in [-0.05, 0) is 10.7 Å². The maximum Gasteiger partial charge on any atom is 0.0711 e. The summed E-state index contributed by atoms with van der Waals surface area (Å²) in [6, 6.07) is 0.